The molecule has 0 amide bonds. The van der Waals surface area contributed by atoms with Gasteiger partial charge in [0.1, 0.15) is 11.2 Å². The van der Waals surface area contributed by atoms with Gasteiger partial charge in [-0.1, -0.05) is 0 Å². The molecule has 142 valence electrons. The Morgan fingerprint density at radius 2 is 2.07 bits per heavy atom. The molecule has 0 unspecified atom stereocenters. The number of carbonyl (C=O) groups is 1. The topological polar surface area (TPSA) is 87.5 Å². The molecule has 8 heteroatoms. The summed E-state index contributed by atoms with van der Waals surface area (Å²) in [6.45, 7) is 1.50. The summed E-state index contributed by atoms with van der Waals surface area (Å²) >= 11 is 0. The highest BCUT2D eigenvalue weighted by Gasteiger charge is 2.34. The van der Waals surface area contributed by atoms with Crippen LogP contribution in [-0.4, -0.2) is 45.8 Å². The molecule has 3 saturated heterocycles. The normalized spacial score (nSPS) is 25.0. The number of rotatable bonds is 3. The van der Waals surface area contributed by atoms with Crippen LogP contribution in [0.3, 0.4) is 0 Å². The molecular weight excluding hydrogens is 351 g/mol. The van der Waals surface area contributed by atoms with Crippen LogP contribution < -0.4 is 15.6 Å². The molecule has 2 N–H and O–H groups in total. The number of hydrogen-bond acceptors (Lipinski definition) is 5. The monoisotopic (exact) mass is 372 g/mol. The Morgan fingerprint density at radius 1 is 1.26 bits per heavy atom. The van der Waals surface area contributed by atoms with Crippen LogP contribution >= 0.6 is 0 Å². The predicted molar refractivity (Wildman–Crippen MR) is 98.0 cm³/mol. The lowest BCUT2D eigenvalue weighted by atomic mass is 10.1. The fourth-order valence-corrected chi connectivity index (χ4v) is 4.40. The largest absolute Gasteiger partial charge is 0.477 e. The number of aromatic carboxylic acids is 1. The summed E-state index contributed by atoms with van der Waals surface area (Å²) in [6, 6.07) is 1.81. The molecule has 0 radical (unpaired) electrons. The minimum absolute atomic E-state index is 0.0427. The second kappa shape index (κ2) is 6.02. The summed E-state index contributed by atoms with van der Waals surface area (Å²) in [5.41, 5.74) is -0.621. The third kappa shape index (κ3) is 2.70. The standard InChI is InChI=1S/C19H21FN4O3/c20-15-6-13-16(25)14(19(26)27)9-24(11-4-5-11)17(13)22-18(15)23-8-10-2-1-3-12(23)7-21-10/h6,9-12,21H,1-5,7-8H2,(H,26,27)/t10-,12-/m0/s1. The number of aromatic nitrogens is 2. The maximum absolute atomic E-state index is 15.0. The minimum atomic E-state index is -1.29. The van der Waals surface area contributed by atoms with Crippen molar-refractivity contribution in [1.29, 1.82) is 0 Å². The fraction of sp³-hybridized carbons (Fsp3) is 0.526. The van der Waals surface area contributed by atoms with E-state index in [0.717, 1.165) is 38.6 Å². The van der Waals surface area contributed by atoms with E-state index in [9.17, 15) is 14.7 Å². The third-order valence-corrected chi connectivity index (χ3v) is 5.97. The summed E-state index contributed by atoms with van der Waals surface area (Å²) in [5.74, 6) is -1.58. The number of nitrogens with one attached hydrogen (secondary N) is 1. The van der Waals surface area contributed by atoms with E-state index in [0.29, 0.717) is 18.2 Å². The first kappa shape index (κ1) is 16.7. The number of halogens is 1. The molecule has 3 aliphatic heterocycles. The van der Waals surface area contributed by atoms with Gasteiger partial charge in [-0.15, -0.1) is 0 Å². The van der Waals surface area contributed by atoms with E-state index >= 15 is 4.39 Å². The third-order valence-electron chi connectivity index (χ3n) is 5.97. The molecule has 0 aromatic carbocycles. The Hall–Kier alpha value is -2.48. The number of hydrogen-bond donors (Lipinski definition) is 2. The highest BCUT2D eigenvalue weighted by Crippen LogP contribution is 2.37. The zero-order valence-electron chi connectivity index (χ0n) is 14.8. The molecule has 7 nitrogen and oxygen atoms in total. The van der Waals surface area contributed by atoms with Crippen LogP contribution in [0, 0.1) is 5.82 Å². The first-order valence-electron chi connectivity index (χ1n) is 9.51. The van der Waals surface area contributed by atoms with Crippen molar-refractivity contribution < 1.29 is 14.3 Å². The second-order valence-corrected chi connectivity index (χ2v) is 7.82. The van der Waals surface area contributed by atoms with Gasteiger partial charge in [0.2, 0.25) is 5.43 Å². The van der Waals surface area contributed by atoms with Gasteiger partial charge in [0, 0.05) is 37.4 Å². The van der Waals surface area contributed by atoms with Gasteiger partial charge in [0.25, 0.3) is 0 Å². The first-order valence-corrected chi connectivity index (χ1v) is 9.51. The maximum Gasteiger partial charge on any atom is 0.341 e. The molecule has 6 rings (SSSR count). The van der Waals surface area contributed by atoms with Crippen molar-refractivity contribution in [2.45, 2.75) is 50.2 Å². The van der Waals surface area contributed by atoms with Gasteiger partial charge in [0.05, 0.1) is 5.39 Å². The van der Waals surface area contributed by atoms with Gasteiger partial charge in [-0.25, -0.2) is 14.2 Å². The van der Waals surface area contributed by atoms with Crippen molar-refractivity contribution in [1.82, 2.24) is 14.9 Å². The number of fused-ring (bicyclic) bond motifs is 5. The zero-order chi connectivity index (χ0) is 18.7. The summed E-state index contributed by atoms with van der Waals surface area (Å²) < 4.78 is 16.7. The average molecular weight is 372 g/mol. The SMILES string of the molecule is O=C(O)c1cn(C2CC2)c2nc(N3C[C@@H]4CCC[C@H]3CN4)c(F)cc2c1=O. The number of carboxylic acid groups (broad SMARTS) is 1. The molecule has 4 aliphatic rings. The molecule has 2 bridgehead atoms. The molecule has 0 spiro atoms. The van der Waals surface area contributed by atoms with Crippen LogP contribution in [0.4, 0.5) is 10.2 Å². The number of nitrogens with zero attached hydrogens (tertiary/aromatic N) is 3. The summed E-state index contributed by atoms with van der Waals surface area (Å²) in [4.78, 5) is 30.6. The zero-order valence-corrected chi connectivity index (χ0v) is 14.8. The quantitative estimate of drug-likeness (QED) is 0.856. The van der Waals surface area contributed by atoms with Crippen LogP contribution in [0.25, 0.3) is 11.0 Å². The lowest BCUT2D eigenvalue weighted by Crippen LogP contribution is -2.55. The van der Waals surface area contributed by atoms with Crippen molar-refractivity contribution in [2.24, 2.45) is 0 Å². The van der Waals surface area contributed by atoms with Crippen LogP contribution in [0.1, 0.15) is 48.5 Å². The molecule has 27 heavy (non-hydrogen) atoms. The van der Waals surface area contributed by atoms with Gasteiger partial charge < -0.3 is 19.9 Å². The molecule has 5 heterocycles. The van der Waals surface area contributed by atoms with E-state index < -0.39 is 17.2 Å². The highest BCUT2D eigenvalue weighted by atomic mass is 19.1. The van der Waals surface area contributed by atoms with Crippen LogP contribution in [0.2, 0.25) is 0 Å². The Balaban J connectivity index is 1.70. The van der Waals surface area contributed by atoms with Crippen LogP contribution in [0.15, 0.2) is 17.1 Å². The molecule has 2 aromatic heterocycles. The summed E-state index contributed by atoms with van der Waals surface area (Å²) in [6.07, 6.45) is 6.33. The smallest absolute Gasteiger partial charge is 0.341 e. The van der Waals surface area contributed by atoms with E-state index in [4.69, 9.17) is 0 Å². The average Bonchev–Trinajstić information content (AvgIpc) is 3.49. The first-order chi connectivity index (χ1) is 13.0. The Kier molecular flexibility index (Phi) is 3.72. The minimum Gasteiger partial charge on any atom is -0.477 e. The van der Waals surface area contributed by atoms with Crippen molar-refractivity contribution >= 4 is 22.8 Å². The number of carboxylic acids is 1. The van der Waals surface area contributed by atoms with E-state index in [2.05, 4.69) is 10.3 Å². The molecule has 2 atom stereocenters. The lowest BCUT2D eigenvalue weighted by Gasteiger charge is -2.38. The van der Waals surface area contributed by atoms with E-state index in [1.54, 1.807) is 4.57 Å². The van der Waals surface area contributed by atoms with Crippen LogP contribution in [0.5, 0.6) is 0 Å². The molecule has 4 fully saturated rings. The van der Waals surface area contributed by atoms with Gasteiger partial charge in [-0.05, 0) is 38.2 Å². The second-order valence-electron chi connectivity index (χ2n) is 7.82. The lowest BCUT2D eigenvalue weighted by molar-refractivity contribution is 0.0695. The molecule has 1 saturated carbocycles. The van der Waals surface area contributed by atoms with Gasteiger partial charge in [-0.3, -0.25) is 4.79 Å². The Morgan fingerprint density at radius 3 is 2.81 bits per heavy atom. The van der Waals surface area contributed by atoms with Gasteiger partial charge >= 0.3 is 5.97 Å². The highest BCUT2D eigenvalue weighted by molar-refractivity contribution is 5.92. The van der Waals surface area contributed by atoms with Crippen molar-refractivity contribution in [3.63, 3.8) is 0 Å². The van der Waals surface area contributed by atoms with Crippen molar-refractivity contribution in [2.75, 3.05) is 18.0 Å². The van der Waals surface area contributed by atoms with Crippen LogP contribution in [-0.2, 0) is 0 Å². The Labute approximate surface area is 154 Å². The number of anilines is 1. The summed E-state index contributed by atoms with van der Waals surface area (Å²) in [5, 5.41) is 12.9. The molecule has 1 aliphatic carbocycles. The maximum atomic E-state index is 15.0. The van der Waals surface area contributed by atoms with Gasteiger partial charge in [0.15, 0.2) is 11.6 Å². The number of piperazine rings is 1. The van der Waals surface area contributed by atoms with E-state index in [1.807, 2.05) is 4.90 Å². The summed E-state index contributed by atoms with van der Waals surface area (Å²) in [7, 11) is 0. The van der Waals surface area contributed by atoms with Crippen molar-refractivity contribution in [3.05, 3.63) is 33.9 Å². The van der Waals surface area contributed by atoms with E-state index in [-0.39, 0.29) is 28.9 Å². The fourth-order valence-electron chi connectivity index (χ4n) is 4.40. The Bertz CT molecular complexity index is 997. The molecule has 2 aromatic rings. The molecular formula is C19H21FN4O3. The number of pyridine rings is 2. The van der Waals surface area contributed by atoms with Gasteiger partial charge in [-0.2, -0.15) is 0 Å². The van der Waals surface area contributed by atoms with E-state index in [1.165, 1.54) is 12.3 Å². The predicted octanol–water partition coefficient (Wildman–Crippen LogP) is 1.90. The van der Waals surface area contributed by atoms with Crippen molar-refractivity contribution in [3.8, 4) is 0 Å².